The standard InChI is InChI=1S/C21H17F2N7O2S/c1-11(12-4-5-17(16(23)6-12)30-33(3,31)32)28-21-27-10-18(24-2)19(29-21)15-9-26-20-14(15)7-13(22)8-25-20/h4-11,30H,1,3H3,(H,25,26)(H,27,28,29)/t11-/m1/s1. The molecule has 168 valence electrons. The summed E-state index contributed by atoms with van der Waals surface area (Å²) >= 11 is 0. The molecule has 0 aliphatic rings. The number of hydrogen-bond donors (Lipinski definition) is 3. The van der Waals surface area contributed by atoms with Crippen LogP contribution in [0.25, 0.3) is 27.1 Å². The molecule has 3 N–H and O–H groups in total. The highest BCUT2D eigenvalue weighted by Crippen LogP contribution is 2.34. The maximum absolute atomic E-state index is 14.3. The fraction of sp³-hybridized carbons (Fsp3) is 0.143. The fourth-order valence-electron chi connectivity index (χ4n) is 3.26. The summed E-state index contributed by atoms with van der Waals surface area (Å²) in [6, 6.07) is 4.94. The van der Waals surface area contributed by atoms with Gasteiger partial charge in [0, 0.05) is 23.3 Å². The molecule has 33 heavy (non-hydrogen) atoms. The van der Waals surface area contributed by atoms with Crippen LogP contribution in [0.4, 0.5) is 26.1 Å². The molecular formula is C21H17F2N7O2S. The van der Waals surface area contributed by atoms with E-state index in [9.17, 15) is 17.2 Å². The summed E-state index contributed by atoms with van der Waals surface area (Å²) in [5, 5.41) is 3.50. The van der Waals surface area contributed by atoms with E-state index in [0.29, 0.717) is 22.2 Å². The Kier molecular flexibility index (Phi) is 5.65. The molecule has 1 aromatic carbocycles. The third kappa shape index (κ3) is 4.73. The van der Waals surface area contributed by atoms with Gasteiger partial charge in [0.1, 0.15) is 17.3 Å². The molecule has 0 fully saturated rings. The largest absolute Gasteiger partial charge is 0.348 e. The summed E-state index contributed by atoms with van der Waals surface area (Å²) in [6.07, 6.45) is 4.95. The Hall–Kier alpha value is -4.11. The van der Waals surface area contributed by atoms with Gasteiger partial charge in [-0.25, -0.2) is 37.0 Å². The molecule has 0 saturated heterocycles. The van der Waals surface area contributed by atoms with Gasteiger partial charge in [0.2, 0.25) is 21.7 Å². The monoisotopic (exact) mass is 469 g/mol. The van der Waals surface area contributed by atoms with Gasteiger partial charge in [-0.3, -0.25) is 4.72 Å². The number of anilines is 2. The molecule has 12 heteroatoms. The summed E-state index contributed by atoms with van der Waals surface area (Å²) in [5.74, 6) is -1.09. The number of fused-ring (bicyclic) bond motifs is 1. The molecule has 3 heterocycles. The molecule has 3 aromatic heterocycles. The van der Waals surface area contributed by atoms with Crippen molar-refractivity contribution in [2.24, 2.45) is 0 Å². The van der Waals surface area contributed by atoms with Gasteiger partial charge in [-0.1, -0.05) is 6.07 Å². The predicted octanol–water partition coefficient (Wildman–Crippen LogP) is 4.39. The summed E-state index contributed by atoms with van der Waals surface area (Å²) in [6.45, 7) is 9.17. The van der Waals surface area contributed by atoms with E-state index >= 15 is 0 Å². The number of nitrogens with one attached hydrogen (secondary N) is 3. The van der Waals surface area contributed by atoms with E-state index in [1.165, 1.54) is 24.4 Å². The third-order valence-corrected chi connectivity index (χ3v) is 5.37. The number of benzene rings is 1. The van der Waals surface area contributed by atoms with Crippen LogP contribution in [-0.2, 0) is 10.0 Å². The first-order valence-electron chi connectivity index (χ1n) is 9.56. The average molecular weight is 469 g/mol. The molecule has 0 bridgehead atoms. The maximum atomic E-state index is 14.3. The van der Waals surface area contributed by atoms with E-state index in [0.717, 1.165) is 12.5 Å². The van der Waals surface area contributed by atoms with Gasteiger partial charge >= 0.3 is 0 Å². The van der Waals surface area contributed by atoms with Crippen LogP contribution in [0.1, 0.15) is 18.5 Å². The topological polar surface area (TPSA) is 117 Å². The molecule has 0 aliphatic carbocycles. The second-order valence-corrected chi connectivity index (χ2v) is 9.02. The van der Waals surface area contributed by atoms with Crippen molar-refractivity contribution >= 4 is 38.4 Å². The van der Waals surface area contributed by atoms with E-state index in [1.54, 1.807) is 19.2 Å². The molecule has 0 spiro atoms. The fourth-order valence-corrected chi connectivity index (χ4v) is 3.82. The lowest BCUT2D eigenvalue weighted by molar-refractivity contribution is 0.603. The number of aromatic nitrogens is 4. The molecule has 0 saturated carbocycles. The van der Waals surface area contributed by atoms with Crippen molar-refractivity contribution in [3.63, 3.8) is 0 Å². The van der Waals surface area contributed by atoms with Crippen molar-refractivity contribution in [3.05, 3.63) is 71.5 Å². The van der Waals surface area contributed by atoms with Crippen LogP contribution in [0, 0.1) is 18.2 Å². The molecule has 0 amide bonds. The van der Waals surface area contributed by atoms with Gasteiger partial charge < -0.3 is 10.3 Å². The first-order chi connectivity index (χ1) is 15.6. The Morgan fingerprint density at radius 2 is 1.97 bits per heavy atom. The smallest absolute Gasteiger partial charge is 0.231 e. The summed E-state index contributed by atoms with van der Waals surface area (Å²) in [5.41, 5.74) is 1.75. The van der Waals surface area contributed by atoms with Gasteiger partial charge in [-0.05, 0) is 30.7 Å². The van der Waals surface area contributed by atoms with E-state index in [1.807, 2.05) is 0 Å². The molecule has 0 radical (unpaired) electrons. The van der Waals surface area contributed by atoms with Gasteiger partial charge in [-0.2, -0.15) is 0 Å². The lowest BCUT2D eigenvalue weighted by Gasteiger charge is -2.16. The number of sulfonamides is 1. The molecular weight excluding hydrogens is 452 g/mol. The third-order valence-electron chi connectivity index (χ3n) is 4.78. The Morgan fingerprint density at radius 1 is 1.18 bits per heavy atom. The second-order valence-electron chi connectivity index (χ2n) is 7.27. The van der Waals surface area contributed by atoms with Crippen LogP contribution in [0.15, 0.2) is 42.9 Å². The Labute approximate surface area is 187 Å². The van der Waals surface area contributed by atoms with Crippen LogP contribution in [-0.4, -0.2) is 34.6 Å². The summed E-state index contributed by atoms with van der Waals surface area (Å²) < 4.78 is 52.9. The summed E-state index contributed by atoms with van der Waals surface area (Å²) in [4.78, 5) is 18.9. The zero-order valence-electron chi connectivity index (χ0n) is 17.4. The highest BCUT2D eigenvalue weighted by molar-refractivity contribution is 7.92. The number of halogens is 2. The van der Waals surface area contributed by atoms with E-state index < -0.39 is 27.7 Å². The average Bonchev–Trinajstić information content (AvgIpc) is 3.17. The number of hydrogen-bond acceptors (Lipinski definition) is 6. The van der Waals surface area contributed by atoms with Gasteiger partial charge in [0.15, 0.2) is 0 Å². The van der Waals surface area contributed by atoms with E-state index in [-0.39, 0.29) is 23.0 Å². The van der Waals surface area contributed by atoms with Crippen LogP contribution in [0.2, 0.25) is 0 Å². The van der Waals surface area contributed by atoms with Crippen LogP contribution in [0.5, 0.6) is 0 Å². The molecule has 4 rings (SSSR count). The normalized spacial score (nSPS) is 12.3. The highest BCUT2D eigenvalue weighted by Gasteiger charge is 2.17. The van der Waals surface area contributed by atoms with Crippen molar-refractivity contribution in [1.82, 2.24) is 19.9 Å². The minimum atomic E-state index is -3.61. The van der Waals surface area contributed by atoms with E-state index in [4.69, 9.17) is 6.57 Å². The quantitative estimate of drug-likeness (QED) is 0.361. The number of nitrogens with zero attached hydrogens (tertiary/aromatic N) is 4. The number of H-pyrrole nitrogens is 1. The van der Waals surface area contributed by atoms with Crippen molar-refractivity contribution in [1.29, 1.82) is 0 Å². The number of aromatic amines is 1. The van der Waals surface area contributed by atoms with Crippen LogP contribution >= 0.6 is 0 Å². The van der Waals surface area contributed by atoms with Crippen molar-refractivity contribution < 1.29 is 17.2 Å². The minimum absolute atomic E-state index is 0.159. The summed E-state index contributed by atoms with van der Waals surface area (Å²) in [7, 11) is -3.61. The molecule has 0 unspecified atom stereocenters. The first kappa shape index (κ1) is 22.1. The van der Waals surface area contributed by atoms with Crippen molar-refractivity contribution in [2.75, 3.05) is 16.3 Å². The van der Waals surface area contributed by atoms with E-state index in [2.05, 4.69) is 34.8 Å². The Morgan fingerprint density at radius 3 is 2.67 bits per heavy atom. The van der Waals surface area contributed by atoms with Crippen LogP contribution in [0.3, 0.4) is 0 Å². The maximum Gasteiger partial charge on any atom is 0.231 e. The minimum Gasteiger partial charge on any atom is -0.348 e. The van der Waals surface area contributed by atoms with Crippen LogP contribution < -0.4 is 10.0 Å². The Bertz CT molecular complexity index is 1510. The molecule has 9 nitrogen and oxygen atoms in total. The number of rotatable bonds is 6. The zero-order chi connectivity index (χ0) is 23.8. The molecule has 1 atom stereocenters. The molecule has 4 aromatic rings. The van der Waals surface area contributed by atoms with Crippen molar-refractivity contribution in [3.8, 4) is 11.3 Å². The van der Waals surface area contributed by atoms with Crippen molar-refractivity contribution in [2.45, 2.75) is 13.0 Å². The zero-order valence-corrected chi connectivity index (χ0v) is 18.2. The number of pyridine rings is 1. The lowest BCUT2D eigenvalue weighted by Crippen LogP contribution is -2.13. The SMILES string of the molecule is [C-]#[N+]c1cnc(N[C@H](C)c2ccc(NS(C)(=O)=O)c(F)c2)nc1-c1c[nH]c2ncc(F)cc12. The highest BCUT2D eigenvalue weighted by atomic mass is 32.2. The predicted molar refractivity (Wildman–Crippen MR) is 120 cm³/mol. The van der Waals surface area contributed by atoms with Gasteiger partial charge in [-0.15, -0.1) is 0 Å². The molecule has 0 aliphatic heterocycles. The first-order valence-corrected chi connectivity index (χ1v) is 11.4. The Balaban J connectivity index is 1.65. The lowest BCUT2D eigenvalue weighted by atomic mass is 10.1. The second kappa shape index (κ2) is 8.44. The van der Waals surface area contributed by atoms with Gasteiger partial charge in [0.25, 0.3) is 0 Å². The van der Waals surface area contributed by atoms with Gasteiger partial charge in [0.05, 0.1) is 36.4 Å².